The zero-order valence-electron chi connectivity index (χ0n) is 12.2. The molecule has 0 aliphatic heterocycles. The Bertz CT molecular complexity index is 496. The fraction of sp³-hybridized carbons (Fsp3) is 0.375. The molecular weight excluding hydrogens is 336 g/mol. The monoisotopic (exact) mass is 354 g/mol. The lowest BCUT2D eigenvalue weighted by Gasteiger charge is -2.12. The molecule has 0 aromatic heterocycles. The lowest BCUT2D eigenvalue weighted by molar-refractivity contribution is -0.136. The number of rotatable bonds is 7. The standard InChI is InChI=1S/C16H19BrO4/c1-12(7-6-10-14(11-17)15(18)20-2)21-16(19)13-8-4-3-5-9-13/h3-5,8-10,12H,6-7,11H2,1-2H3/b14-10+. The molecule has 0 fully saturated rings. The second-order valence-corrected chi connectivity index (χ2v) is 5.07. The van der Waals surface area contributed by atoms with E-state index < -0.39 is 0 Å². The van der Waals surface area contributed by atoms with Gasteiger partial charge in [-0.2, -0.15) is 0 Å². The SMILES string of the molecule is COC(=O)/C(=C/CCC(C)OC(=O)c1ccccc1)CBr. The van der Waals surface area contributed by atoms with Crippen LogP contribution in [0.15, 0.2) is 42.0 Å². The van der Waals surface area contributed by atoms with Gasteiger partial charge in [0.2, 0.25) is 0 Å². The van der Waals surface area contributed by atoms with Crippen LogP contribution in [-0.2, 0) is 14.3 Å². The highest BCUT2D eigenvalue weighted by Crippen LogP contribution is 2.10. The number of ether oxygens (including phenoxy) is 2. The molecule has 0 aliphatic carbocycles. The summed E-state index contributed by atoms with van der Waals surface area (Å²) in [6.07, 6.45) is 2.86. The Morgan fingerprint density at radius 3 is 2.52 bits per heavy atom. The molecule has 4 nitrogen and oxygen atoms in total. The van der Waals surface area contributed by atoms with E-state index in [0.717, 1.165) is 0 Å². The predicted octanol–water partition coefficient (Wildman–Crippen LogP) is 3.51. The zero-order chi connectivity index (χ0) is 15.7. The van der Waals surface area contributed by atoms with Crippen LogP contribution in [0.2, 0.25) is 0 Å². The van der Waals surface area contributed by atoms with Gasteiger partial charge in [-0.05, 0) is 31.9 Å². The van der Waals surface area contributed by atoms with Crippen molar-refractivity contribution in [2.75, 3.05) is 12.4 Å². The smallest absolute Gasteiger partial charge is 0.338 e. The number of hydrogen-bond donors (Lipinski definition) is 0. The van der Waals surface area contributed by atoms with Crippen molar-refractivity contribution in [3.05, 3.63) is 47.5 Å². The van der Waals surface area contributed by atoms with Gasteiger partial charge in [0, 0.05) is 10.9 Å². The Morgan fingerprint density at radius 2 is 1.95 bits per heavy atom. The molecule has 114 valence electrons. The van der Waals surface area contributed by atoms with Gasteiger partial charge < -0.3 is 9.47 Å². The van der Waals surface area contributed by atoms with E-state index in [0.29, 0.717) is 29.3 Å². The van der Waals surface area contributed by atoms with Crippen molar-refractivity contribution in [3.63, 3.8) is 0 Å². The number of benzene rings is 1. The van der Waals surface area contributed by atoms with Gasteiger partial charge in [-0.25, -0.2) is 9.59 Å². The largest absolute Gasteiger partial charge is 0.466 e. The van der Waals surface area contributed by atoms with Gasteiger partial charge in [-0.1, -0.05) is 40.2 Å². The van der Waals surface area contributed by atoms with Crippen molar-refractivity contribution in [1.29, 1.82) is 0 Å². The first kappa shape index (κ1) is 17.4. The van der Waals surface area contributed by atoms with Crippen LogP contribution >= 0.6 is 15.9 Å². The number of carbonyl (C=O) groups is 2. The molecule has 21 heavy (non-hydrogen) atoms. The summed E-state index contributed by atoms with van der Waals surface area (Å²) in [6, 6.07) is 8.87. The van der Waals surface area contributed by atoms with E-state index in [2.05, 4.69) is 20.7 Å². The molecule has 0 heterocycles. The molecule has 0 saturated carbocycles. The summed E-state index contributed by atoms with van der Waals surface area (Å²) in [5.41, 5.74) is 1.11. The van der Waals surface area contributed by atoms with Crippen LogP contribution in [0.3, 0.4) is 0 Å². The van der Waals surface area contributed by atoms with E-state index in [1.165, 1.54) is 7.11 Å². The molecule has 5 heteroatoms. The predicted molar refractivity (Wildman–Crippen MR) is 84.4 cm³/mol. The second kappa shape index (κ2) is 9.34. The molecular formula is C16H19BrO4. The molecule has 1 unspecified atom stereocenters. The van der Waals surface area contributed by atoms with E-state index in [9.17, 15) is 9.59 Å². The number of methoxy groups -OCH3 is 1. The van der Waals surface area contributed by atoms with E-state index in [1.807, 2.05) is 13.0 Å². The number of allylic oxidation sites excluding steroid dienone is 1. The number of carbonyl (C=O) groups excluding carboxylic acids is 2. The van der Waals surface area contributed by atoms with Crippen LogP contribution in [0.25, 0.3) is 0 Å². The van der Waals surface area contributed by atoms with Crippen molar-refractivity contribution in [2.24, 2.45) is 0 Å². The molecule has 0 bridgehead atoms. The minimum atomic E-state index is -0.346. The topological polar surface area (TPSA) is 52.6 Å². The Balaban J connectivity index is 2.44. The third-order valence-electron chi connectivity index (χ3n) is 2.87. The first-order chi connectivity index (χ1) is 10.1. The molecule has 0 radical (unpaired) electrons. The zero-order valence-corrected chi connectivity index (χ0v) is 13.8. The van der Waals surface area contributed by atoms with Gasteiger partial charge in [0.05, 0.1) is 18.8 Å². The molecule has 0 aliphatic rings. The Hall–Kier alpha value is -1.62. The summed E-state index contributed by atoms with van der Waals surface area (Å²) < 4.78 is 10.0. The Labute approximate surface area is 133 Å². The summed E-state index contributed by atoms with van der Waals surface area (Å²) in [6.45, 7) is 1.83. The number of alkyl halides is 1. The quantitative estimate of drug-likeness (QED) is 0.427. The highest BCUT2D eigenvalue weighted by atomic mass is 79.9. The molecule has 0 amide bonds. The van der Waals surface area contributed by atoms with Crippen LogP contribution in [0.1, 0.15) is 30.1 Å². The van der Waals surface area contributed by atoms with Crippen molar-refractivity contribution < 1.29 is 19.1 Å². The Kier molecular flexibility index (Phi) is 7.75. The fourth-order valence-corrected chi connectivity index (χ4v) is 2.16. The number of hydrogen-bond acceptors (Lipinski definition) is 4. The maximum atomic E-state index is 11.8. The molecule has 0 spiro atoms. The van der Waals surface area contributed by atoms with Crippen LogP contribution in [0.4, 0.5) is 0 Å². The number of halogens is 1. The first-order valence-electron chi connectivity index (χ1n) is 6.67. The fourth-order valence-electron chi connectivity index (χ4n) is 1.70. The molecule has 1 aromatic rings. The third-order valence-corrected chi connectivity index (χ3v) is 3.48. The minimum Gasteiger partial charge on any atom is -0.466 e. The first-order valence-corrected chi connectivity index (χ1v) is 7.80. The molecule has 0 saturated heterocycles. The summed E-state index contributed by atoms with van der Waals surface area (Å²) in [7, 11) is 1.35. The molecule has 0 N–H and O–H groups in total. The van der Waals surface area contributed by atoms with E-state index in [4.69, 9.17) is 4.74 Å². The summed E-state index contributed by atoms with van der Waals surface area (Å²) in [4.78, 5) is 23.2. The number of esters is 2. The average molecular weight is 355 g/mol. The van der Waals surface area contributed by atoms with Gasteiger partial charge in [0.15, 0.2) is 0 Å². The van der Waals surface area contributed by atoms with Crippen LogP contribution in [-0.4, -0.2) is 30.5 Å². The third kappa shape index (κ3) is 6.12. The van der Waals surface area contributed by atoms with Crippen LogP contribution < -0.4 is 0 Å². The molecule has 1 rings (SSSR count). The van der Waals surface area contributed by atoms with Crippen molar-refractivity contribution >= 4 is 27.9 Å². The lowest BCUT2D eigenvalue weighted by atomic mass is 10.1. The average Bonchev–Trinajstić information content (AvgIpc) is 2.51. The van der Waals surface area contributed by atoms with Crippen molar-refractivity contribution in [3.8, 4) is 0 Å². The van der Waals surface area contributed by atoms with Gasteiger partial charge in [0.25, 0.3) is 0 Å². The van der Waals surface area contributed by atoms with Gasteiger partial charge in [-0.3, -0.25) is 0 Å². The highest BCUT2D eigenvalue weighted by molar-refractivity contribution is 9.09. The highest BCUT2D eigenvalue weighted by Gasteiger charge is 2.12. The lowest BCUT2D eigenvalue weighted by Crippen LogP contribution is -2.15. The normalized spacial score (nSPS) is 12.6. The van der Waals surface area contributed by atoms with Gasteiger partial charge >= 0.3 is 11.9 Å². The van der Waals surface area contributed by atoms with Crippen LogP contribution in [0.5, 0.6) is 0 Å². The molecule has 1 atom stereocenters. The maximum absolute atomic E-state index is 11.8. The van der Waals surface area contributed by atoms with Crippen LogP contribution in [0, 0.1) is 0 Å². The van der Waals surface area contributed by atoms with E-state index in [1.54, 1.807) is 30.3 Å². The Morgan fingerprint density at radius 1 is 1.29 bits per heavy atom. The summed E-state index contributed by atoms with van der Waals surface area (Å²) in [5, 5.41) is 0.442. The van der Waals surface area contributed by atoms with Crippen molar-refractivity contribution in [1.82, 2.24) is 0 Å². The maximum Gasteiger partial charge on any atom is 0.338 e. The second-order valence-electron chi connectivity index (χ2n) is 4.51. The van der Waals surface area contributed by atoms with Crippen molar-refractivity contribution in [2.45, 2.75) is 25.9 Å². The summed E-state index contributed by atoms with van der Waals surface area (Å²) >= 11 is 3.24. The van der Waals surface area contributed by atoms with Gasteiger partial charge in [0.1, 0.15) is 0 Å². The minimum absolute atomic E-state index is 0.219. The van der Waals surface area contributed by atoms with E-state index >= 15 is 0 Å². The van der Waals surface area contributed by atoms with E-state index in [-0.39, 0.29) is 18.0 Å². The molecule has 1 aromatic carbocycles. The van der Waals surface area contributed by atoms with Gasteiger partial charge in [-0.15, -0.1) is 0 Å². The summed E-state index contributed by atoms with van der Waals surface area (Å²) in [5.74, 6) is -0.679.